The summed E-state index contributed by atoms with van der Waals surface area (Å²) < 4.78 is 0. The Labute approximate surface area is 94.1 Å². The summed E-state index contributed by atoms with van der Waals surface area (Å²) >= 11 is 0. The number of aromatic amines is 2. The van der Waals surface area contributed by atoms with E-state index in [0.717, 1.165) is 30.5 Å². The molecule has 2 rings (SSSR count). The number of fused-ring (bicyclic) bond motifs is 1. The van der Waals surface area contributed by atoms with E-state index in [-0.39, 0.29) is 11.0 Å². The lowest BCUT2D eigenvalue weighted by atomic mass is 9.72. The number of rotatable bonds is 0. The Morgan fingerprint density at radius 3 is 2.50 bits per heavy atom. The second kappa shape index (κ2) is 3.61. The highest BCUT2D eigenvalue weighted by Gasteiger charge is 2.30. The Balaban J connectivity index is 2.42. The molecule has 0 amide bonds. The average molecular weight is 222 g/mol. The molecule has 1 heterocycles. The maximum absolute atomic E-state index is 11.7. The second-order valence-corrected chi connectivity index (χ2v) is 5.67. The van der Waals surface area contributed by atoms with Gasteiger partial charge in [0.15, 0.2) is 0 Å². The Kier molecular flexibility index (Phi) is 2.52. The normalized spacial score (nSPS) is 20.6. The van der Waals surface area contributed by atoms with Crippen LogP contribution in [0.4, 0.5) is 0 Å². The van der Waals surface area contributed by atoms with Gasteiger partial charge in [0.1, 0.15) is 0 Å². The van der Waals surface area contributed by atoms with E-state index in [0.29, 0.717) is 5.92 Å². The van der Waals surface area contributed by atoms with Crippen molar-refractivity contribution in [1.82, 2.24) is 9.97 Å². The highest BCUT2D eigenvalue weighted by Crippen LogP contribution is 2.35. The lowest BCUT2D eigenvalue weighted by molar-refractivity contribution is 0.214. The molecule has 1 aromatic rings. The molecule has 0 aliphatic heterocycles. The lowest BCUT2D eigenvalue weighted by Gasteiger charge is -2.34. The van der Waals surface area contributed by atoms with E-state index in [4.69, 9.17) is 0 Å². The summed E-state index contributed by atoms with van der Waals surface area (Å²) in [4.78, 5) is 27.8. The third-order valence-corrected chi connectivity index (χ3v) is 3.55. The van der Waals surface area contributed by atoms with Gasteiger partial charge < -0.3 is 4.98 Å². The topological polar surface area (TPSA) is 65.7 Å². The summed E-state index contributed by atoms with van der Waals surface area (Å²) in [7, 11) is 0. The average Bonchev–Trinajstić information content (AvgIpc) is 2.15. The lowest BCUT2D eigenvalue weighted by Crippen LogP contribution is -2.35. The van der Waals surface area contributed by atoms with Crippen LogP contribution < -0.4 is 11.2 Å². The molecule has 1 unspecified atom stereocenters. The molecule has 16 heavy (non-hydrogen) atoms. The largest absolute Gasteiger partial charge is 0.325 e. The van der Waals surface area contributed by atoms with Gasteiger partial charge in [0, 0.05) is 11.3 Å². The predicted molar refractivity (Wildman–Crippen MR) is 62.7 cm³/mol. The summed E-state index contributed by atoms with van der Waals surface area (Å²) in [5, 5.41) is 0. The number of hydrogen-bond acceptors (Lipinski definition) is 2. The van der Waals surface area contributed by atoms with Crippen molar-refractivity contribution >= 4 is 0 Å². The third-order valence-electron chi connectivity index (χ3n) is 3.55. The molecule has 0 bridgehead atoms. The number of aromatic nitrogens is 2. The number of aryl methyl sites for hydroxylation is 1. The molecular weight excluding hydrogens is 204 g/mol. The number of H-pyrrole nitrogens is 2. The van der Waals surface area contributed by atoms with Crippen LogP contribution in [0.3, 0.4) is 0 Å². The van der Waals surface area contributed by atoms with Crippen LogP contribution in [0.15, 0.2) is 9.59 Å². The number of nitrogens with one attached hydrogen (secondary N) is 2. The predicted octanol–water partition coefficient (Wildman–Crippen LogP) is 1.21. The molecule has 0 radical (unpaired) electrons. The maximum atomic E-state index is 11.7. The third kappa shape index (κ3) is 1.96. The molecule has 1 aliphatic carbocycles. The van der Waals surface area contributed by atoms with Crippen LogP contribution >= 0.6 is 0 Å². The van der Waals surface area contributed by atoms with Gasteiger partial charge in [0.05, 0.1) is 0 Å². The first-order valence-corrected chi connectivity index (χ1v) is 5.72. The molecule has 0 spiro atoms. The van der Waals surface area contributed by atoms with Gasteiger partial charge in [0.25, 0.3) is 5.56 Å². The first-order chi connectivity index (χ1) is 7.38. The Bertz CT molecular complexity index is 505. The van der Waals surface area contributed by atoms with Crippen molar-refractivity contribution in [3.8, 4) is 0 Å². The van der Waals surface area contributed by atoms with Crippen molar-refractivity contribution in [3.05, 3.63) is 32.1 Å². The van der Waals surface area contributed by atoms with Gasteiger partial charge in [-0.25, -0.2) is 4.79 Å². The fourth-order valence-corrected chi connectivity index (χ4v) is 2.39. The molecule has 1 aliphatic rings. The van der Waals surface area contributed by atoms with Gasteiger partial charge in [-0.2, -0.15) is 0 Å². The van der Waals surface area contributed by atoms with E-state index in [9.17, 15) is 9.59 Å². The van der Waals surface area contributed by atoms with Crippen molar-refractivity contribution in [3.63, 3.8) is 0 Å². The van der Waals surface area contributed by atoms with Crippen molar-refractivity contribution in [2.45, 2.75) is 40.0 Å². The van der Waals surface area contributed by atoms with Crippen LogP contribution in [0.1, 0.15) is 38.4 Å². The van der Waals surface area contributed by atoms with Crippen LogP contribution in [0, 0.1) is 11.3 Å². The molecule has 0 saturated carbocycles. The van der Waals surface area contributed by atoms with Gasteiger partial charge in [-0.05, 0) is 30.6 Å². The van der Waals surface area contributed by atoms with Crippen molar-refractivity contribution in [2.24, 2.45) is 11.3 Å². The molecule has 4 nitrogen and oxygen atoms in total. The molecule has 2 N–H and O–H groups in total. The first kappa shape index (κ1) is 11.2. The van der Waals surface area contributed by atoms with E-state index in [2.05, 4.69) is 30.7 Å². The monoisotopic (exact) mass is 222 g/mol. The molecule has 4 heteroatoms. The molecule has 1 atom stereocenters. The SMILES string of the molecule is CC(C)(C)C1CCc2[nH]c(=O)[nH]c(=O)c2C1. The fourth-order valence-electron chi connectivity index (χ4n) is 2.39. The standard InChI is InChI=1S/C12H18N2O2/c1-12(2,3)7-4-5-9-8(6-7)10(15)14-11(16)13-9/h7H,4-6H2,1-3H3,(H2,13,14,15,16). The van der Waals surface area contributed by atoms with Gasteiger partial charge in [0.2, 0.25) is 0 Å². The molecular formula is C12H18N2O2. The van der Waals surface area contributed by atoms with E-state index in [1.165, 1.54) is 0 Å². The Morgan fingerprint density at radius 1 is 1.19 bits per heavy atom. The molecule has 0 fully saturated rings. The van der Waals surface area contributed by atoms with E-state index < -0.39 is 5.69 Å². The minimum absolute atomic E-state index is 0.209. The van der Waals surface area contributed by atoms with Gasteiger partial charge >= 0.3 is 5.69 Å². The Hall–Kier alpha value is -1.32. The van der Waals surface area contributed by atoms with E-state index in [1.54, 1.807) is 0 Å². The minimum atomic E-state index is -0.391. The summed E-state index contributed by atoms with van der Waals surface area (Å²) in [5.41, 5.74) is 1.20. The van der Waals surface area contributed by atoms with Crippen LogP contribution in [0.25, 0.3) is 0 Å². The zero-order chi connectivity index (χ0) is 11.9. The van der Waals surface area contributed by atoms with E-state index >= 15 is 0 Å². The molecule has 88 valence electrons. The first-order valence-electron chi connectivity index (χ1n) is 5.72. The smallest absolute Gasteiger partial charge is 0.311 e. The van der Waals surface area contributed by atoms with Crippen molar-refractivity contribution in [1.29, 1.82) is 0 Å². The summed E-state index contributed by atoms with van der Waals surface area (Å²) in [6.45, 7) is 6.59. The van der Waals surface area contributed by atoms with Gasteiger partial charge in [-0.1, -0.05) is 20.8 Å². The molecule has 0 saturated heterocycles. The van der Waals surface area contributed by atoms with Gasteiger partial charge in [-0.15, -0.1) is 0 Å². The quantitative estimate of drug-likeness (QED) is 0.693. The van der Waals surface area contributed by atoms with Crippen LogP contribution in [0.2, 0.25) is 0 Å². The Morgan fingerprint density at radius 2 is 1.88 bits per heavy atom. The molecule has 0 aromatic carbocycles. The van der Waals surface area contributed by atoms with Crippen LogP contribution in [0.5, 0.6) is 0 Å². The number of hydrogen-bond donors (Lipinski definition) is 2. The zero-order valence-electron chi connectivity index (χ0n) is 10.0. The summed E-state index contributed by atoms with van der Waals surface area (Å²) in [5.74, 6) is 0.506. The maximum Gasteiger partial charge on any atom is 0.325 e. The summed E-state index contributed by atoms with van der Waals surface area (Å²) in [6, 6.07) is 0. The van der Waals surface area contributed by atoms with Crippen LogP contribution in [-0.4, -0.2) is 9.97 Å². The fraction of sp³-hybridized carbons (Fsp3) is 0.667. The molecule has 1 aromatic heterocycles. The highest BCUT2D eigenvalue weighted by molar-refractivity contribution is 5.20. The van der Waals surface area contributed by atoms with Crippen molar-refractivity contribution in [2.75, 3.05) is 0 Å². The second-order valence-electron chi connectivity index (χ2n) is 5.67. The summed E-state index contributed by atoms with van der Waals surface area (Å²) in [6.07, 6.45) is 2.61. The zero-order valence-corrected chi connectivity index (χ0v) is 10.0. The minimum Gasteiger partial charge on any atom is -0.311 e. The van der Waals surface area contributed by atoms with Gasteiger partial charge in [-0.3, -0.25) is 9.78 Å². The van der Waals surface area contributed by atoms with Crippen LogP contribution in [-0.2, 0) is 12.8 Å². The van der Waals surface area contributed by atoms with E-state index in [1.807, 2.05) is 0 Å². The van der Waals surface area contributed by atoms with Crippen molar-refractivity contribution < 1.29 is 0 Å². The highest BCUT2D eigenvalue weighted by atomic mass is 16.2.